The molecule has 0 aliphatic carbocycles. The van der Waals surface area contributed by atoms with Gasteiger partial charge in [0.2, 0.25) is 17.7 Å². The molecular formula is C57H83N3O13. The number of methoxy groups -OCH3 is 3. The van der Waals surface area contributed by atoms with Gasteiger partial charge in [-0.2, -0.15) is 0 Å². The van der Waals surface area contributed by atoms with Crippen LogP contribution in [0.5, 0.6) is 34.5 Å². The zero-order valence-corrected chi connectivity index (χ0v) is 44.6. The van der Waals surface area contributed by atoms with Crippen molar-refractivity contribution in [3.05, 3.63) is 108 Å². The molecule has 16 nitrogen and oxygen atoms in total. The highest BCUT2D eigenvalue weighted by Gasteiger charge is 2.10. The zero-order chi connectivity index (χ0) is 54.7. The van der Waals surface area contributed by atoms with Crippen LogP contribution < -0.4 is 39.6 Å². The SMILES string of the molecule is COc1cc(CNC(=O)CCCC/C=C/C(C)C)ccc1O.COc1cc(CNC(=O)CCCC/C=C/C(C)C)ccc1OC=O.COc1cc(CNC(=O)CCCC/C=C/C(C)C)ccc1OC=O.O=CO. The number of aromatic hydroxyl groups is 1. The summed E-state index contributed by atoms with van der Waals surface area (Å²) in [7, 11) is 4.51. The number of phenolic OH excluding ortho intramolecular Hbond substituents is 1. The van der Waals surface area contributed by atoms with Crippen molar-refractivity contribution in [3.63, 3.8) is 0 Å². The minimum absolute atomic E-state index is 0.0371. The summed E-state index contributed by atoms with van der Waals surface area (Å²) in [5.74, 6) is 4.04. The van der Waals surface area contributed by atoms with E-state index in [0.29, 0.717) is 98.3 Å². The van der Waals surface area contributed by atoms with Gasteiger partial charge in [0.1, 0.15) is 0 Å². The molecule has 3 aromatic rings. The molecule has 0 aliphatic rings. The molecule has 0 aliphatic heterocycles. The van der Waals surface area contributed by atoms with E-state index >= 15 is 0 Å². The summed E-state index contributed by atoms with van der Waals surface area (Å²) in [6.45, 7) is 14.7. The Labute approximate surface area is 434 Å². The van der Waals surface area contributed by atoms with Crippen molar-refractivity contribution in [2.45, 2.75) is 138 Å². The average Bonchev–Trinajstić information content (AvgIpc) is 3.36. The van der Waals surface area contributed by atoms with Gasteiger partial charge in [-0.1, -0.05) is 96.2 Å². The van der Waals surface area contributed by atoms with Crippen LogP contribution in [0.4, 0.5) is 0 Å². The first-order valence-electron chi connectivity index (χ1n) is 24.9. The minimum atomic E-state index is -0.250. The molecule has 73 heavy (non-hydrogen) atoms. The number of ether oxygens (including phenoxy) is 5. The van der Waals surface area contributed by atoms with Crippen LogP contribution >= 0.6 is 0 Å². The third kappa shape index (κ3) is 34.8. The second-order valence-corrected chi connectivity index (χ2v) is 17.6. The standard InChI is InChI=1S/2C19H27NO4.C18H27NO3.CH2O2/c2*1-15(2)8-6-4-5-7-9-19(22)20-13-16-10-11-17(24-14-21)18(12-16)23-3;1-14(2)8-6-4-5-7-9-18(21)19-13-15-10-11-16(20)17(12-15)22-3;2-1-3/h2*6,8,10-12,14-15H,4-5,7,9,13H2,1-3H3,(H,20,22);6,8,10-12,14,20H,4-5,7,9,13H2,1-3H3,(H,19,21);1H,(H,2,3)/b3*8-6+;. The normalized spacial score (nSPS) is 10.6. The van der Waals surface area contributed by atoms with Gasteiger partial charge in [-0.25, -0.2) is 0 Å². The van der Waals surface area contributed by atoms with Gasteiger partial charge in [-0.3, -0.25) is 28.8 Å². The van der Waals surface area contributed by atoms with Gasteiger partial charge < -0.3 is 49.8 Å². The van der Waals surface area contributed by atoms with E-state index < -0.39 is 0 Å². The van der Waals surface area contributed by atoms with Gasteiger partial charge in [-0.15, -0.1) is 0 Å². The largest absolute Gasteiger partial charge is 0.504 e. The molecule has 0 bridgehead atoms. The first kappa shape index (κ1) is 65.9. The maximum absolute atomic E-state index is 11.8. The Morgan fingerprint density at radius 1 is 0.479 bits per heavy atom. The van der Waals surface area contributed by atoms with Gasteiger partial charge in [0, 0.05) is 38.9 Å². The Balaban J connectivity index is 0.00000104. The van der Waals surface area contributed by atoms with Crippen molar-refractivity contribution >= 4 is 37.1 Å². The molecule has 0 fully saturated rings. The van der Waals surface area contributed by atoms with Crippen LogP contribution in [-0.4, -0.2) is 68.7 Å². The molecule has 0 unspecified atom stereocenters. The highest BCUT2D eigenvalue weighted by atomic mass is 16.5. The maximum Gasteiger partial charge on any atom is 0.298 e. The van der Waals surface area contributed by atoms with Crippen molar-refractivity contribution in [2.24, 2.45) is 17.8 Å². The van der Waals surface area contributed by atoms with Crippen LogP contribution in [0.15, 0.2) is 91.1 Å². The predicted octanol–water partition coefficient (Wildman–Crippen LogP) is 10.7. The fourth-order valence-corrected chi connectivity index (χ4v) is 6.39. The van der Waals surface area contributed by atoms with Crippen molar-refractivity contribution in [1.29, 1.82) is 0 Å². The lowest BCUT2D eigenvalue weighted by Gasteiger charge is -2.09. The van der Waals surface area contributed by atoms with Crippen LogP contribution in [0.3, 0.4) is 0 Å². The number of hydrogen-bond donors (Lipinski definition) is 5. The number of carbonyl (C=O) groups is 6. The summed E-state index contributed by atoms with van der Waals surface area (Å²) in [5.41, 5.74) is 2.68. The minimum Gasteiger partial charge on any atom is -0.504 e. The highest BCUT2D eigenvalue weighted by Crippen LogP contribution is 2.29. The summed E-state index contributed by atoms with van der Waals surface area (Å²) >= 11 is 0. The second kappa shape index (κ2) is 42.6. The smallest absolute Gasteiger partial charge is 0.298 e. The highest BCUT2D eigenvalue weighted by molar-refractivity contribution is 5.76. The lowest BCUT2D eigenvalue weighted by atomic mass is 10.1. The van der Waals surface area contributed by atoms with Gasteiger partial charge in [-0.05, 0) is 129 Å². The molecule has 0 aromatic heterocycles. The van der Waals surface area contributed by atoms with E-state index in [-0.39, 0.29) is 29.9 Å². The van der Waals surface area contributed by atoms with E-state index in [4.69, 9.17) is 33.6 Å². The monoisotopic (exact) mass is 1020 g/mol. The van der Waals surface area contributed by atoms with Crippen molar-refractivity contribution in [3.8, 4) is 34.5 Å². The molecule has 0 saturated heterocycles. The molecule has 0 heterocycles. The summed E-state index contributed by atoms with van der Waals surface area (Å²) in [6.07, 6.45) is 23.5. The van der Waals surface area contributed by atoms with Crippen molar-refractivity contribution in [2.75, 3.05) is 21.3 Å². The van der Waals surface area contributed by atoms with Crippen LogP contribution in [0.1, 0.15) is 135 Å². The average molecular weight is 1020 g/mol. The Morgan fingerprint density at radius 2 is 0.781 bits per heavy atom. The van der Waals surface area contributed by atoms with Gasteiger partial charge in [0.15, 0.2) is 34.5 Å². The van der Waals surface area contributed by atoms with E-state index in [1.54, 1.807) is 54.6 Å². The van der Waals surface area contributed by atoms with Gasteiger partial charge >= 0.3 is 0 Å². The van der Waals surface area contributed by atoms with Crippen molar-refractivity contribution in [1.82, 2.24) is 16.0 Å². The lowest BCUT2D eigenvalue weighted by molar-refractivity contribution is -0.123. The topological polar surface area (TPSA) is 225 Å². The summed E-state index contributed by atoms with van der Waals surface area (Å²) < 4.78 is 25.0. The lowest BCUT2D eigenvalue weighted by Crippen LogP contribution is -2.22. The molecular weight excluding hydrogens is 935 g/mol. The number of carbonyl (C=O) groups excluding carboxylic acids is 5. The number of allylic oxidation sites excluding steroid dienone is 6. The number of rotatable bonds is 31. The van der Waals surface area contributed by atoms with Gasteiger partial charge in [0.25, 0.3) is 19.4 Å². The first-order chi connectivity index (χ1) is 35.1. The molecule has 0 saturated carbocycles. The third-order valence-corrected chi connectivity index (χ3v) is 10.2. The summed E-state index contributed by atoms with van der Waals surface area (Å²) in [4.78, 5) is 64.6. The van der Waals surface area contributed by atoms with E-state index in [9.17, 15) is 29.1 Å². The predicted molar refractivity (Wildman–Crippen MR) is 286 cm³/mol. The Hall–Kier alpha value is -7.10. The van der Waals surface area contributed by atoms with Crippen LogP contribution in [0, 0.1) is 17.8 Å². The van der Waals surface area contributed by atoms with E-state index in [0.717, 1.165) is 74.5 Å². The Bertz CT molecular complexity index is 2020. The number of benzene rings is 3. The fraction of sp³-hybridized carbons (Fsp3) is 0.474. The molecule has 404 valence electrons. The molecule has 0 radical (unpaired) electrons. The Kier molecular flexibility index (Phi) is 38.4. The van der Waals surface area contributed by atoms with Crippen LogP contribution in [-0.2, 0) is 48.4 Å². The number of phenols is 1. The Morgan fingerprint density at radius 3 is 1.07 bits per heavy atom. The fourth-order valence-electron chi connectivity index (χ4n) is 6.39. The molecule has 0 atom stereocenters. The first-order valence-corrected chi connectivity index (χ1v) is 24.9. The second-order valence-electron chi connectivity index (χ2n) is 17.6. The molecule has 16 heteroatoms. The van der Waals surface area contributed by atoms with E-state index in [2.05, 4.69) is 93.9 Å². The molecule has 3 aromatic carbocycles. The number of amides is 3. The third-order valence-electron chi connectivity index (χ3n) is 10.2. The zero-order valence-electron chi connectivity index (χ0n) is 44.6. The van der Waals surface area contributed by atoms with E-state index in [1.165, 1.54) is 21.3 Å². The summed E-state index contributed by atoms with van der Waals surface area (Å²) in [5, 5.41) is 25.1. The molecule has 3 rings (SSSR count). The number of nitrogens with one attached hydrogen (secondary N) is 3. The summed E-state index contributed by atoms with van der Waals surface area (Å²) in [6, 6.07) is 15.4. The molecule has 0 spiro atoms. The number of unbranched alkanes of at least 4 members (excludes halogenated alkanes) is 6. The quantitative estimate of drug-likeness (QED) is 0.0230. The van der Waals surface area contributed by atoms with Crippen LogP contribution in [0.2, 0.25) is 0 Å². The maximum atomic E-state index is 11.8. The van der Waals surface area contributed by atoms with Crippen LogP contribution in [0.25, 0.3) is 0 Å². The number of hydrogen-bond acceptors (Lipinski definition) is 12. The number of carboxylic acid groups (broad SMARTS) is 1. The molecule has 5 N–H and O–H groups in total. The molecule has 3 amide bonds. The van der Waals surface area contributed by atoms with Gasteiger partial charge in [0.05, 0.1) is 21.3 Å². The van der Waals surface area contributed by atoms with E-state index in [1.807, 2.05) is 0 Å². The van der Waals surface area contributed by atoms with Crippen molar-refractivity contribution < 1.29 is 62.7 Å².